The van der Waals surface area contributed by atoms with E-state index in [2.05, 4.69) is 5.32 Å². The summed E-state index contributed by atoms with van der Waals surface area (Å²) in [4.78, 5) is 0. The molecule has 2 N–H and O–H groups in total. The maximum atomic E-state index is 10.0. The van der Waals surface area contributed by atoms with E-state index in [9.17, 15) is 5.11 Å². The first kappa shape index (κ1) is 11.0. The molecule has 3 heteroatoms. The normalized spacial score (nSPS) is 29.5. The SMILES string of the molecule is CC(C)OCCC1(O)CCCNC1. The molecule has 0 saturated carbocycles. The van der Waals surface area contributed by atoms with E-state index in [0.29, 0.717) is 13.2 Å². The molecule has 1 unspecified atom stereocenters. The van der Waals surface area contributed by atoms with E-state index in [1.807, 2.05) is 13.8 Å². The van der Waals surface area contributed by atoms with Crippen LogP contribution in [0.1, 0.15) is 33.1 Å². The second kappa shape index (κ2) is 4.94. The van der Waals surface area contributed by atoms with E-state index < -0.39 is 5.60 Å². The Labute approximate surface area is 80.5 Å². The summed E-state index contributed by atoms with van der Waals surface area (Å²) in [7, 11) is 0. The van der Waals surface area contributed by atoms with Crippen molar-refractivity contribution >= 4 is 0 Å². The fourth-order valence-corrected chi connectivity index (χ4v) is 1.65. The van der Waals surface area contributed by atoms with E-state index in [0.717, 1.165) is 25.8 Å². The molecule has 3 nitrogen and oxygen atoms in total. The quantitative estimate of drug-likeness (QED) is 0.687. The van der Waals surface area contributed by atoms with Gasteiger partial charge in [0, 0.05) is 19.6 Å². The van der Waals surface area contributed by atoms with Crippen LogP contribution in [0.15, 0.2) is 0 Å². The Hall–Kier alpha value is -0.120. The van der Waals surface area contributed by atoms with Crippen molar-refractivity contribution < 1.29 is 9.84 Å². The van der Waals surface area contributed by atoms with Gasteiger partial charge in [0.05, 0.1) is 11.7 Å². The Kier molecular flexibility index (Phi) is 4.16. The molecule has 1 rings (SSSR count). The van der Waals surface area contributed by atoms with Gasteiger partial charge in [0.25, 0.3) is 0 Å². The predicted molar refractivity (Wildman–Crippen MR) is 52.8 cm³/mol. The van der Waals surface area contributed by atoms with Gasteiger partial charge in [-0.2, -0.15) is 0 Å². The minimum absolute atomic E-state index is 0.264. The van der Waals surface area contributed by atoms with Gasteiger partial charge >= 0.3 is 0 Å². The number of ether oxygens (including phenoxy) is 1. The van der Waals surface area contributed by atoms with Crippen LogP contribution in [0.3, 0.4) is 0 Å². The smallest absolute Gasteiger partial charge is 0.0793 e. The van der Waals surface area contributed by atoms with Crippen molar-refractivity contribution in [2.75, 3.05) is 19.7 Å². The molecule has 0 bridgehead atoms. The zero-order valence-corrected chi connectivity index (χ0v) is 8.68. The molecule has 0 spiro atoms. The summed E-state index contributed by atoms with van der Waals surface area (Å²) >= 11 is 0. The highest BCUT2D eigenvalue weighted by atomic mass is 16.5. The molecule has 1 aliphatic rings. The summed E-state index contributed by atoms with van der Waals surface area (Å²) in [5.74, 6) is 0. The average molecular weight is 187 g/mol. The first-order valence-corrected chi connectivity index (χ1v) is 5.17. The van der Waals surface area contributed by atoms with E-state index in [-0.39, 0.29) is 6.10 Å². The lowest BCUT2D eigenvalue weighted by Crippen LogP contribution is -2.46. The summed E-state index contributed by atoms with van der Waals surface area (Å²) in [5, 5.41) is 13.2. The predicted octanol–water partition coefficient (Wildman–Crippen LogP) is 0.916. The molecule has 1 saturated heterocycles. The third-order valence-corrected chi connectivity index (χ3v) is 2.47. The fraction of sp³-hybridized carbons (Fsp3) is 1.00. The first-order chi connectivity index (χ1) is 6.12. The van der Waals surface area contributed by atoms with Crippen molar-refractivity contribution in [2.24, 2.45) is 0 Å². The number of aliphatic hydroxyl groups is 1. The molecule has 1 atom stereocenters. The van der Waals surface area contributed by atoms with Crippen LogP contribution in [0.25, 0.3) is 0 Å². The van der Waals surface area contributed by atoms with Crippen molar-refractivity contribution in [3.05, 3.63) is 0 Å². The highest BCUT2D eigenvalue weighted by Gasteiger charge is 2.28. The number of β-amino-alcohol motifs (C(OH)–C–C–N with tert-alkyl or cyclic N) is 1. The average Bonchev–Trinajstić information content (AvgIpc) is 2.04. The second-order valence-electron chi connectivity index (χ2n) is 4.17. The highest BCUT2D eigenvalue weighted by molar-refractivity contribution is 4.84. The number of hydrogen-bond donors (Lipinski definition) is 2. The van der Waals surface area contributed by atoms with Crippen LogP contribution in [0.2, 0.25) is 0 Å². The molecule has 78 valence electrons. The molecule has 0 aromatic heterocycles. The van der Waals surface area contributed by atoms with Gasteiger partial charge in [-0.05, 0) is 33.2 Å². The Morgan fingerprint density at radius 1 is 1.54 bits per heavy atom. The van der Waals surface area contributed by atoms with Crippen molar-refractivity contribution in [1.29, 1.82) is 0 Å². The molecule has 0 aliphatic carbocycles. The number of rotatable bonds is 4. The molecule has 0 aromatic carbocycles. The van der Waals surface area contributed by atoms with Crippen molar-refractivity contribution in [1.82, 2.24) is 5.32 Å². The van der Waals surface area contributed by atoms with E-state index >= 15 is 0 Å². The van der Waals surface area contributed by atoms with E-state index in [4.69, 9.17) is 4.74 Å². The van der Waals surface area contributed by atoms with Crippen LogP contribution in [0.5, 0.6) is 0 Å². The van der Waals surface area contributed by atoms with Crippen molar-refractivity contribution in [3.8, 4) is 0 Å². The van der Waals surface area contributed by atoms with Crippen LogP contribution >= 0.6 is 0 Å². The standard InChI is InChI=1S/C10H21NO2/c1-9(2)13-7-5-10(12)4-3-6-11-8-10/h9,11-12H,3-8H2,1-2H3. The molecule has 1 fully saturated rings. The van der Waals surface area contributed by atoms with Gasteiger partial charge in [0.1, 0.15) is 0 Å². The Bertz CT molecular complexity index is 142. The maximum absolute atomic E-state index is 10.0. The minimum Gasteiger partial charge on any atom is -0.388 e. The molecule has 1 heterocycles. The topological polar surface area (TPSA) is 41.5 Å². The van der Waals surface area contributed by atoms with Gasteiger partial charge in [-0.25, -0.2) is 0 Å². The third-order valence-electron chi connectivity index (χ3n) is 2.47. The van der Waals surface area contributed by atoms with Crippen LogP contribution < -0.4 is 5.32 Å². The van der Waals surface area contributed by atoms with Crippen molar-refractivity contribution in [2.45, 2.75) is 44.8 Å². The van der Waals surface area contributed by atoms with Crippen LogP contribution in [-0.4, -0.2) is 36.5 Å². The largest absolute Gasteiger partial charge is 0.388 e. The van der Waals surface area contributed by atoms with Crippen LogP contribution in [0.4, 0.5) is 0 Å². The number of piperidine rings is 1. The van der Waals surface area contributed by atoms with Gasteiger partial charge in [-0.15, -0.1) is 0 Å². The summed E-state index contributed by atoms with van der Waals surface area (Å²) in [6.45, 7) is 6.45. The lowest BCUT2D eigenvalue weighted by atomic mass is 9.91. The van der Waals surface area contributed by atoms with Gasteiger partial charge in [-0.3, -0.25) is 0 Å². The van der Waals surface area contributed by atoms with E-state index in [1.165, 1.54) is 0 Å². The fourth-order valence-electron chi connectivity index (χ4n) is 1.65. The summed E-state index contributed by atoms with van der Waals surface area (Å²) in [5.41, 5.74) is -0.521. The van der Waals surface area contributed by atoms with Gasteiger partial charge in [0.2, 0.25) is 0 Å². The lowest BCUT2D eigenvalue weighted by Gasteiger charge is -2.32. The zero-order chi connectivity index (χ0) is 9.73. The molecule has 1 aliphatic heterocycles. The number of hydrogen-bond acceptors (Lipinski definition) is 3. The Morgan fingerprint density at radius 2 is 2.31 bits per heavy atom. The van der Waals surface area contributed by atoms with Crippen LogP contribution in [-0.2, 0) is 4.74 Å². The van der Waals surface area contributed by atoms with Crippen molar-refractivity contribution in [3.63, 3.8) is 0 Å². The Balaban J connectivity index is 2.17. The Morgan fingerprint density at radius 3 is 2.85 bits per heavy atom. The van der Waals surface area contributed by atoms with E-state index in [1.54, 1.807) is 0 Å². The molecule has 0 aromatic rings. The highest BCUT2D eigenvalue weighted by Crippen LogP contribution is 2.19. The molecular formula is C10H21NO2. The molecular weight excluding hydrogens is 166 g/mol. The van der Waals surface area contributed by atoms with Crippen LogP contribution in [0, 0.1) is 0 Å². The summed E-state index contributed by atoms with van der Waals surface area (Å²) in [6, 6.07) is 0. The first-order valence-electron chi connectivity index (χ1n) is 5.17. The van der Waals surface area contributed by atoms with Gasteiger partial charge in [0.15, 0.2) is 0 Å². The second-order valence-corrected chi connectivity index (χ2v) is 4.17. The molecule has 0 radical (unpaired) electrons. The minimum atomic E-state index is -0.521. The maximum Gasteiger partial charge on any atom is 0.0793 e. The summed E-state index contributed by atoms with van der Waals surface area (Å²) in [6.07, 6.45) is 2.98. The number of nitrogens with one attached hydrogen (secondary N) is 1. The lowest BCUT2D eigenvalue weighted by molar-refractivity contribution is -0.0271. The zero-order valence-electron chi connectivity index (χ0n) is 8.68. The monoisotopic (exact) mass is 187 g/mol. The third kappa shape index (κ3) is 4.07. The molecule has 13 heavy (non-hydrogen) atoms. The van der Waals surface area contributed by atoms with Gasteiger partial charge in [-0.1, -0.05) is 0 Å². The van der Waals surface area contributed by atoms with Gasteiger partial charge < -0.3 is 15.2 Å². The molecule has 0 amide bonds. The summed E-state index contributed by atoms with van der Waals surface area (Å²) < 4.78 is 5.42.